The third-order valence-electron chi connectivity index (χ3n) is 5.09. The number of methoxy groups -OCH3 is 2. The van der Waals surface area contributed by atoms with Gasteiger partial charge in [-0.15, -0.1) is 0 Å². The summed E-state index contributed by atoms with van der Waals surface area (Å²) >= 11 is 0. The summed E-state index contributed by atoms with van der Waals surface area (Å²) < 4.78 is 10.8. The van der Waals surface area contributed by atoms with Gasteiger partial charge in [0.2, 0.25) is 0 Å². The van der Waals surface area contributed by atoms with Crippen molar-refractivity contribution in [3.63, 3.8) is 0 Å². The molecule has 0 saturated carbocycles. The van der Waals surface area contributed by atoms with Crippen LogP contribution in [0.3, 0.4) is 0 Å². The van der Waals surface area contributed by atoms with Gasteiger partial charge in [0.1, 0.15) is 0 Å². The molecule has 1 atom stereocenters. The lowest BCUT2D eigenvalue weighted by Gasteiger charge is -2.23. The van der Waals surface area contributed by atoms with Crippen molar-refractivity contribution in [2.45, 2.75) is 26.3 Å². The summed E-state index contributed by atoms with van der Waals surface area (Å²) in [5.41, 5.74) is 3.15. The minimum atomic E-state index is 0.532. The maximum atomic E-state index is 5.44. The standard InChI is InChI=1S/C17H26N2O2/c1-13-8-15(20-2)16(21-3)9-14(13)10-19-7-5-17(12-19)4-6-18-11-17/h8-9,18H,4-7,10-12H2,1-3H3. The Balaban J connectivity index is 1.73. The van der Waals surface area contributed by atoms with Gasteiger partial charge in [-0.05, 0) is 61.5 Å². The van der Waals surface area contributed by atoms with Crippen LogP contribution in [0.2, 0.25) is 0 Å². The fraction of sp³-hybridized carbons (Fsp3) is 0.647. The van der Waals surface area contributed by atoms with E-state index in [1.165, 1.54) is 50.1 Å². The Hall–Kier alpha value is -1.26. The minimum Gasteiger partial charge on any atom is -0.493 e. The highest BCUT2D eigenvalue weighted by Gasteiger charge is 2.40. The molecule has 4 heteroatoms. The number of likely N-dealkylation sites (tertiary alicyclic amines) is 1. The normalized spacial score (nSPS) is 25.7. The average molecular weight is 290 g/mol. The van der Waals surface area contributed by atoms with Gasteiger partial charge in [-0.2, -0.15) is 0 Å². The monoisotopic (exact) mass is 290 g/mol. The van der Waals surface area contributed by atoms with Crippen LogP contribution in [-0.4, -0.2) is 45.3 Å². The van der Waals surface area contributed by atoms with Crippen molar-refractivity contribution < 1.29 is 9.47 Å². The molecular formula is C17H26N2O2. The molecule has 0 amide bonds. The molecule has 0 aliphatic carbocycles. The zero-order valence-electron chi connectivity index (χ0n) is 13.4. The van der Waals surface area contributed by atoms with E-state index in [0.717, 1.165) is 18.0 Å². The van der Waals surface area contributed by atoms with Crippen LogP contribution < -0.4 is 14.8 Å². The molecule has 1 aromatic rings. The third kappa shape index (κ3) is 2.87. The number of nitrogens with zero attached hydrogens (tertiary/aromatic N) is 1. The SMILES string of the molecule is COc1cc(C)c(CN2CCC3(CCNC3)C2)cc1OC. The van der Waals surface area contributed by atoms with E-state index in [1.807, 2.05) is 0 Å². The Morgan fingerprint density at radius 1 is 1.19 bits per heavy atom. The first-order valence-electron chi connectivity index (χ1n) is 7.80. The first kappa shape index (κ1) is 14.7. The molecule has 1 unspecified atom stereocenters. The van der Waals surface area contributed by atoms with E-state index in [4.69, 9.17) is 9.47 Å². The smallest absolute Gasteiger partial charge is 0.161 e. The predicted molar refractivity (Wildman–Crippen MR) is 84.1 cm³/mol. The summed E-state index contributed by atoms with van der Waals surface area (Å²) in [6.07, 6.45) is 2.65. The van der Waals surface area contributed by atoms with Crippen molar-refractivity contribution in [2.75, 3.05) is 40.4 Å². The lowest BCUT2D eigenvalue weighted by molar-refractivity contribution is 0.267. The number of hydrogen-bond donors (Lipinski definition) is 1. The second-order valence-electron chi connectivity index (χ2n) is 6.52. The van der Waals surface area contributed by atoms with Crippen molar-refractivity contribution in [3.8, 4) is 11.5 Å². The first-order chi connectivity index (χ1) is 10.2. The van der Waals surface area contributed by atoms with Gasteiger partial charge in [-0.25, -0.2) is 0 Å². The van der Waals surface area contributed by atoms with Gasteiger partial charge in [-0.1, -0.05) is 0 Å². The van der Waals surface area contributed by atoms with E-state index in [2.05, 4.69) is 29.3 Å². The molecule has 2 aliphatic rings. The van der Waals surface area contributed by atoms with Crippen molar-refractivity contribution in [1.82, 2.24) is 10.2 Å². The Kier molecular flexibility index (Phi) is 4.09. The fourth-order valence-corrected chi connectivity index (χ4v) is 3.74. The van der Waals surface area contributed by atoms with E-state index >= 15 is 0 Å². The molecule has 1 spiro atoms. The van der Waals surface area contributed by atoms with Crippen LogP contribution in [0.25, 0.3) is 0 Å². The number of aryl methyl sites for hydroxylation is 1. The molecular weight excluding hydrogens is 264 g/mol. The van der Waals surface area contributed by atoms with Crippen LogP contribution in [-0.2, 0) is 6.54 Å². The molecule has 1 N–H and O–H groups in total. The molecule has 4 nitrogen and oxygen atoms in total. The molecule has 3 rings (SSSR count). The van der Waals surface area contributed by atoms with Crippen LogP contribution in [0.15, 0.2) is 12.1 Å². The van der Waals surface area contributed by atoms with Gasteiger partial charge in [0.25, 0.3) is 0 Å². The summed E-state index contributed by atoms with van der Waals surface area (Å²) in [6.45, 7) is 7.95. The quantitative estimate of drug-likeness (QED) is 0.922. The summed E-state index contributed by atoms with van der Waals surface area (Å²) in [4.78, 5) is 2.58. The number of hydrogen-bond acceptors (Lipinski definition) is 4. The first-order valence-corrected chi connectivity index (χ1v) is 7.80. The molecule has 0 aromatic heterocycles. The second-order valence-corrected chi connectivity index (χ2v) is 6.52. The maximum absolute atomic E-state index is 5.44. The van der Waals surface area contributed by atoms with Crippen molar-refractivity contribution >= 4 is 0 Å². The van der Waals surface area contributed by atoms with Crippen molar-refractivity contribution in [1.29, 1.82) is 0 Å². The van der Waals surface area contributed by atoms with E-state index in [-0.39, 0.29) is 0 Å². The number of ether oxygens (including phenoxy) is 2. The second kappa shape index (κ2) is 5.85. The van der Waals surface area contributed by atoms with E-state index < -0.39 is 0 Å². The van der Waals surface area contributed by atoms with E-state index in [1.54, 1.807) is 14.2 Å². The summed E-state index contributed by atoms with van der Waals surface area (Å²) in [6, 6.07) is 4.21. The van der Waals surface area contributed by atoms with Gasteiger partial charge in [0.15, 0.2) is 11.5 Å². The van der Waals surface area contributed by atoms with Crippen LogP contribution >= 0.6 is 0 Å². The number of rotatable bonds is 4. The van der Waals surface area contributed by atoms with Gasteiger partial charge >= 0.3 is 0 Å². The predicted octanol–water partition coefficient (Wildman–Crippen LogP) is 2.20. The van der Waals surface area contributed by atoms with Crippen LogP contribution in [0.1, 0.15) is 24.0 Å². The summed E-state index contributed by atoms with van der Waals surface area (Å²) in [5.74, 6) is 1.64. The van der Waals surface area contributed by atoms with Crippen molar-refractivity contribution in [2.24, 2.45) is 5.41 Å². The van der Waals surface area contributed by atoms with Crippen LogP contribution in [0.4, 0.5) is 0 Å². The minimum absolute atomic E-state index is 0.532. The summed E-state index contributed by atoms with van der Waals surface area (Å²) in [5, 5.41) is 3.52. The molecule has 1 aromatic carbocycles. The molecule has 0 bridgehead atoms. The van der Waals surface area contributed by atoms with Gasteiger partial charge in [-0.3, -0.25) is 4.90 Å². The molecule has 2 aliphatic heterocycles. The topological polar surface area (TPSA) is 33.7 Å². The number of benzene rings is 1. The largest absolute Gasteiger partial charge is 0.493 e. The van der Waals surface area contributed by atoms with Crippen molar-refractivity contribution in [3.05, 3.63) is 23.3 Å². The zero-order valence-corrected chi connectivity index (χ0v) is 13.4. The van der Waals surface area contributed by atoms with E-state index in [0.29, 0.717) is 5.41 Å². The highest BCUT2D eigenvalue weighted by molar-refractivity contribution is 5.47. The molecule has 21 heavy (non-hydrogen) atoms. The molecule has 116 valence electrons. The molecule has 2 heterocycles. The van der Waals surface area contributed by atoms with E-state index in [9.17, 15) is 0 Å². The molecule has 0 radical (unpaired) electrons. The van der Waals surface area contributed by atoms with Gasteiger partial charge in [0, 0.05) is 19.6 Å². The zero-order chi connectivity index (χ0) is 14.9. The average Bonchev–Trinajstić information content (AvgIpc) is 3.11. The van der Waals surface area contributed by atoms with Crippen LogP contribution in [0.5, 0.6) is 11.5 Å². The lowest BCUT2D eigenvalue weighted by Crippen LogP contribution is -2.29. The molecule has 2 saturated heterocycles. The van der Waals surface area contributed by atoms with Crippen LogP contribution in [0, 0.1) is 12.3 Å². The lowest BCUT2D eigenvalue weighted by atomic mass is 9.86. The Labute approximate surface area is 127 Å². The van der Waals surface area contributed by atoms with Gasteiger partial charge in [0.05, 0.1) is 14.2 Å². The number of nitrogens with one attached hydrogen (secondary N) is 1. The Morgan fingerprint density at radius 3 is 2.62 bits per heavy atom. The third-order valence-corrected chi connectivity index (χ3v) is 5.09. The highest BCUT2D eigenvalue weighted by atomic mass is 16.5. The fourth-order valence-electron chi connectivity index (χ4n) is 3.74. The maximum Gasteiger partial charge on any atom is 0.161 e. The Bertz CT molecular complexity index is 510. The molecule has 2 fully saturated rings. The Morgan fingerprint density at radius 2 is 1.95 bits per heavy atom. The summed E-state index contributed by atoms with van der Waals surface area (Å²) in [7, 11) is 3.39. The highest BCUT2D eigenvalue weighted by Crippen LogP contribution is 2.37. The van der Waals surface area contributed by atoms with Gasteiger partial charge < -0.3 is 14.8 Å².